The molecule has 2 atom stereocenters. The van der Waals surface area contributed by atoms with Gasteiger partial charge in [-0.05, 0) is 31.6 Å². The van der Waals surface area contributed by atoms with Gasteiger partial charge >= 0.3 is 0 Å². The summed E-state index contributed by atoms with van der Waals surface area (Å²) in [6, 6.07) is -0.103. The Bertz CT molecular complexity index is 232. The molecule has 3 N–H and O–H groups in total. The van der Waals surface area contributed by atoms with Crippen molar-refractivity contribution in [3.8, 4) is 0 Å². The van der Waals surface area contributed by atoms with Crippen LogP contribution in [-0.2, 0) is 4.79 Å². The highest BCUT2D eigenvalue weighted by molar-refractivity contribution is 5.81. The van der Waals surface area contributed by atoms with Crippen LogP contribution in [0.15, 0.2) is 0 Å². The van der Waals surface area contributed by atoms with Gasteiger partial charge in [-0.25, -0.2) is 0 Å². The summed E-state index contributed by atoms with van der Waals surface area (Å²) >= 11 is 0. The van der Waals surface area contributed by atoms with Crippen molar-refractivity contribution in [2.75, 3.05) is 0 Å². The summed E-state index contributed by atoms with van der Waals surface area (Å²) in [5, 5.41) is 3.09. The molecule has 1 aliphatic rings. The Morgan fingerprint density at radius 1 is 1.12 bits per heavy atom. The van der Waals surface area contributed by atoms with Gasteiger partial charge in [0.25, 0.3) is 0 Å². The van der Waals surface area contributed by atoms with Crippen LogP contribution in [0.25, 0.3) is 0 Å². The minimum Gasteiger partial charge on any atom is -0.352 e. The molecule has 1 rings (SSSR count). The molecule has 1 amide bonds. The van der Waals surface area contributed by atoms with Gasteiger partial charge in [0, 0.05) is 6.04 Å². The van der Waals surface area contributed by atoms with E-state index in [1.807, 2.05) is 13.8 Å². The van der Waals surface area contributed by atoms with Crippen molar-refractivity contribution in [2.45, 2.75) is 71.4 Å². The summed E-state index contributed by atoms with van der Waals surface area (Å²) in [6.45, 7) is 6.10. The second-order valence-corrected chi connectivity index (χ2v) is 5.82. The Hall–Kier alpha value is -0.570. The summed E-state index contributed by atoms with van der Waals surface area (Å²) < 4.78 is 0. The molecule has 1 saturated carbocycles. The van der Waals surface area contributed by atoms with E-state index < -0.39 is 0 Å². The maximum absolute atomic E-state index is 11.9. The molecule has 0 aromatic rings. The molecule has 0 unspecified atom stereocenters. The molecule has 0 aromatic carbocycles. The van der Waals surface area contributed by atoms with Crippen LogP contribution in [0.1, 0.15) is 59.3 Å². The number of carbonyl (C=O) groups is 1. The summed E-state index contributed by atoms with van der Waals surface area (Å²) in [5.74, 6) is 0.855. The highest BCUT2D eigenvalue weighted by Gasteiger charge is 2.23. The normalized spacial score (nSPS) is 21.9. The molecule has 100 valence electrons. The van der Waals surface area contributed by atoms with E-state index in [9.17, 15) is 4.79 Å². The molecule has 3 heteroatoms. The van der Waals surface area contributed by atoms with Gasteiger partial charge < -0.3 is 11.1 Å². The Morgan fingerprint density at radius 2 is 1.65 bits per heavy atom. The first-order valence-corrected chi connectivity index (χ1v) is 7.08. The highest BCUT2D eigenvalue weighted by Crippen LogP contribution is 2.25. The fraction of sp³-hybridized carbons (Fsp3) is 0.929. The molecule has 0 radical (unpaired) electrons. The first-order valence-electron chi connectivity index (χ1n) is 7.08. The predicted molar refractivity (Wildman–Crippen MR) is 71.6 cm³/mol. The van der Waals surface area contributed by atoms with E-state index in [2.05, 4.69) is 12.2 Å². The lowest BCUT2D eigenvalue weighted by molar-refractivity contribution is -0.124. The second-order valence-electron chi connectivity index (χ2n) is 5.82. The van der Waals surface area contributed by atoms with E-state index in [4.69, 9.17) is 5.73 Å². The number of rotatable bonds is 4. The van der Waals surface area contributed by atoms with Crippen LogP contribution in [0.5, 0.6) is 0 Å². The standard InChI is InChI=1S/C14H28N2O/c1-10(2)13(15)14(17)16-11(3)12-8-6-4-5-7-9-12/h10-13H,4-9,15H2,1-3H3,(H,16,17)/t11-,13-/m1/s1. The first-order chi connectivity index (χ1) is 8.02. The monoisotopic (exact) mass is 240 g/mol. The van der Waals surface area contributed by atoms with Crippen LogP contribution in [-0.4, -0.2) is 18.0 Å². The molecular weight excluding hydrogens is 212 g/mol. The number of nitrogens with two attached hydrogens (primary N) is 1. The lowest BCUT2D eigenvalue weighted by Gasteiger charge is -2.26. The fourth-order valence-corrected chi connectivity index (χ4v) is 2.55. The lowest BCUT2D eigenvalue weighted by Crippen LogP contribution is -2.48. The molecule has 0 bridgehead atoms. The number of carbonyl (C=O) groups excluding carboxylic acids is 1. The Labute approximate surface area is 106 Å². The zero-order valence-corrected chi connectivity index (χ0v) is 11.5. The zero-order valence-electron chi connectivity index (χ0n) is 11.5. The van der Waals surface area contributed by atoms with Gasteiger partial charge in [-0.15, -0.1) is 0 Å². The van der Waals surface area contributed by atoms with Gasteiger partial charge in [0.15, 0.2) is 0 Å². The van der Waals surface area contributed by atoms with E-state index in [1.54, 1.807) is 0 Å². The molecule has 0 aromatic heterocycles. The fourth-order valence-electron chi connectivity index (χ4n) is 2.55. The van der Waals surface area contributed by atoms with Crippen molar-refractivity contribution >= 4 is 5.91 Å². The Balaban J connectivity index is 2.41. The van der Waals surface area contributed by atoms with E-state index in [0.29, 0.717) is 5.92 Å². The van der Waals surface area contributed by atoms with Gasteiger partial charge in [-0.1, -0.05) is 39.5 Å². The summed E-state index contributed by atoms with van der Waals surface area (Å²) in [4.78, 5) is 11.9. The lowest BCUT2D eigenvalue weighted by atomic mass is 9.92. The van der Waals surface area contributed by atoms with Crippen LogP contribution >= 0.6 is 0 Å². The van der Waals surface area contributed by atoms with Gasteiger partial charge in [-0.3, -0.25) is 4.79 Å². The van der Waals surface area contributed by atoms with E-state index in [-0.39, 0.29) is 23.9 Å². The van der Waals surface area contributed by atoms with Gasteiger partial charge in [0.05, 0.1) is 6.04 Å². The SMILES string of the molecule is CC(C)[C@@H](N)C(=O)N[C@H](C)C1CCCCCC1. The highest BCUT2D eigenvalue weighted by atomic mass is 16.2. The van der Waals surface area contributed by atoms with E-state index >= 15 is 0 Å². The van der Waals surface area contributed by atoms with Crippen molar-refractivity contribution in [3.63, 3.8) is 0 Å². The maximum Gasteiger partial charge on any atom is 0.237 e. The third kappa shape index (κ3) is 4.66. The predicted octanol–water partition coefficient (Wildman–Crippen LogP) is 2.44. The Morgan fingerprint density at radius 3 is 2.12 bits per heavy atom. The van der Waals surface area contributed by atoms with Crippen molar-refractivity contribution in [1.29, 1.82) is 0 Å². The van der Waals surface area contributed by atoms with Crippen molar-refractivity contribution < 1.29 is 4.79 Å². The first kappa shape index (κ1) is 14.5. The topological polar surface area (TPSA) is 55.1 Å². The van der Waals surface area contributed by atoms with E-state index in [1.165, 1.54) is 38.5 Å². The zero-order chi connectivity index (χ0) is 12.8. The summed E-state index contributed by atoms with van der Waals surface area (Å²) in [5.41, 5.74) is 5.86. The minimum absolute atomic E-state index is 0.0109. The van der Waals surface area contributed by atoms with Gasteiger partial charge in [0.1, 0.15) is 0 Å². The van der Waals surface area contributed by atoms with Crippen LogP contribution in [0, 0.1) is 11.8 Å². The minimum atomic E-state index is -0.372. The second kappa shape index (κ2) is 7.00. The number of hydrogen-bond acceptors (Lipinski definition) is 2. The molecule has 0 spiro atoms. The number of amides is 1. The number of nitrogens with one attached hydrogen (secondary N) is 1. The van der Waals surface area contributed by atoms with Crippen molar-refractivity contribution in [1.82, 2.24) is 5.32 Å². The van der Waals surface area contributed by atoms with Crippen LogP contribution in [0.3, 0.4) is 0 Å². The molecule has 0 saturated heterocycles. The largest absolute Gasteiger partial charge is 0.352 e. The molecule has 17 heavy (non-hydrogen) atoms. The smallest absolute Gasteiger partial charge is 0.237 e. The average molecular weight is 240 g/mol. The quantitative estimate of drug-likeness (QED) is 0.742. The van der Waals surface area contributed by atoms with Crippen LogP contribution < -0.4 is 11.1 Å². The van der Waals surface area contributed by atoms with Crippen LogP contribution in [0.2, 0.25) is 0 Å². The van der Waals surface area contributed by atoms with Crippen LogP contribution in [0.4, 0.5) is 0 Å². The maximum atomic E-state index is 11.9. The molecule has 3 nitrogen and oxygen atoms in total. The molecule has 1 fully saturated rings. The molecule has 1 aliphatic carbocycles. The molecule has 0 aliphatic heterocycles. The summed E-state index contributed by atoms with van der Waals surface area (Å²) in [6.07, 6.45) is 7.81. The van der Waals surface area contributed by atoms with Gasteiger partial charge in [-0.2, -0.15) is 0 Å². The summed E-state index contributed by atoms with van der Waals surface area (Å²) in [7, 11) is 0. The third-order valence-corrected chi connectivity index (χ3v) is 4.00. The van der Waals surface area contributed by atoms with Crippen molar-refractivity contribution in [3.05, 3.63) is 0 Å². The third-order valence-electron chi connectivity index (χ3n) is 4.00. The van der Waals surface area contributed by atoms with Crippen molar-refractivity contribution in [2.24, 2.45) is 17.6 Å². The Kier molecular flexibility index (Phi) is 5.96. The molecule has 0 heterocycles. The number of hydrogen-bond donors (Lipinski definition) is 2. The average Bonchev–Trinajstić information content (AvgIpc) is 2.56. The van der Waals surface area contributed by atoms with E-state index in [0.717, 1.165) is 0 Å². The molecular formula is C14H28N2O. The van der Waals surface area contributed by atoms with Gasteiger partial charge in [0.2, 0.25) is 5.91 Å².